The summed E-state index contributed by atoms with van der Waals surface area (Å²) in [5.41, 5.74) is 6.05. The SMILES string of the molecule is CC(N)c1ccccc1F.Cl. The van der Waals surface area contributed by atoms with E-state index >= 15 is 0 Å². The van der Waals surface area contributed by atoms with E-state index in [1.165, 1.54) is 6.07 Å². The van der Waals surface area contributed by atoms with E-state index in [-0.39, 0.29) is 24.3 Å². The van der Waals surface area contributed by atoms with Gasteiger partial charge in [-0.15, -0.1) is 12.4 Å². The summed E-state index contributed by atoms with van der Waals surface area (Å²) < 4.78 is 12.8. The minimum Gasteiger partial charge on any atom is -0.324 e. The lowest BCUT2D eigenvalue weighted by Gasteiger charge is -2.04. The zero-order chi connectivity index (χ0) is 7.56. The highest BCUT2D eigenvalue weighted by molar-refractivity contribution is 5.85. The van der Waals surface area contributed by atoms with Crippen molar-refractivity contribution in [2.75, 3.05) is 0 Å². The van der Waals surface area contributed by atoms with Gasteiger partial charge in [0.05, 0.1) is 0 Å². The molecule has 62 valence electrons. The van der Waals surface area contributed by atoms with Crippen LogP contribution in [0.25, 0.3) is 0 Å². The van der Waals surface area contributed by atoms with E-state index in [0.29, 0.717) is 5.56 Å². The van der Waals surface area contributed by atoms with Gasteiger partial charge in [-0.3, -0.25) is 0 Å². The molecular weight excluding hydrogens is 165 g/mol. The van der Waals surface area contributed by atoms with E-state index in [1.54, 1.807) is 25.1 Å². The van der Waals surface area contributed by atoms with Gasteiger partial charge in [-0.2, -0.15) is 0 Å². The van der Waals surface area contributed by atoms with E-state index in [2.05, 4.69) is 0 Å². The summed E-state index contributed by atoms with van der Waals surface area (Å²) in [6.07, 6.45) is 0. The minimum absolute atomic E-state index is 0. The summed E-state index contributed by atoms with van der Waals surface area (Å²) >= 11 is 0. The average molecular weight is 176 g/mol. The zero-order valence-corrected chi connectivity index (χ0v) is 7.07. The number of rotatable bonds is 1. The number of nitrogens with two attached hydrogens (primary N) is 1. The fourth-order valence-electron chi connectivity index (χ4n) is 0.844. The first kappa shape index (κ1) is 10.4. The first-order chi connectivity index (χ1) is 4.72. The number of hydrogen-bond acceptors (Lipinski definition) is 1. The zero-order valence-electron chi connectivity index (χ0n) is 6.25. The van der Waals surface area contributed by atoms with Crippen molar-refractivity contribution in [1.82, 2.24) is 0 Å². The molecular formula is C8H11ClFN. The van der Waals surface area contributed by atoms with Crippen molar-refractivity contribution in [3.63, 3.8) is 0 Å². The van der Waals surface area contributed by atoms with Crippen molar-refractivity contribution in [2.45, 2.75) is 13.0 Å². The van der Waals surface area contributed by atoms with Gasteiger partial charge in [-0.25, -0.2) is 4.39 Å². The second-order valence-corrected chi connectivity index (χ2v) is 2.31. The molecule has 0 saturated heterocycles. The van der Waals surface area contributed by atoms with Gasteiger partial charge in [0.2, 0.25) is 0 Å². The monoisotopic (exact) mass is 175 g/mol. The molecule has 0 heterocycles. The standard InChI is InChI=1S/C8H10FN.ClH/c1-6(10)7-4-2-3-5-8(7)9;/h2-6H,10H2,1H3;1H. The Morgan fingerprint density at radius 3 is 2.27 bits per heavy atom. The normalized spacial score (nSPS) is 11.9. The number of hydrogen-bond donors (Lipinski definition) is 1. The third-order valence-corrected chi connectivity index (χ3v) is 1.40. The summed E-state index contributed by atoms with van der Waals surface area (Å²) in [4.78, 5) is 0. The number of benzene rings is 1. The molecule has 0 saturated carbocycles. The van der Waals surface area contributed by atoms with E-state index in [9.17, 15) is 4.39 Å². The first-order valence-corrected chi connectivity index (χ1v) is 3.22. The predicted molar refractivity (Wildman–Crippen MR) is 46.3 cm³/mol. The molecule has 0 aliphatic rings. The Morgan fingerprint density at radius 1 is 1.36 bits per heavy atom. The third-order valence-electron chi connectivity index (χ3n) is 1.40. The molecule has 0 spiro atoms. The van der Waals surface area contributed by atoms with E-state index in [4.69, 9.17) is 5.73 Å². The van der Waals surface area contributed by atoms with Crippen LogP contribution < -0.4 is 5.73 Å². The fraction of sp³-hybridized carbons (Fsp3) is 0.250. The lowest BCUT2D eigenvalue weighted by molar-refractivity contribution is 0.594. The van der Waals surface area contributed by atoms with Gasteiger partial charge in [-0.1, -0.05) is 18.2 Å². The quantitative estimate of drug-likeness (QED) is 0.696. The summed E-state index contributed by atoms with van der Waals surface area (Å²) in [5.74, 6) is -0.225. The maximum absolute atomic E-state index is 12.8. The summed E-state index contributed by atoms with van der Waals surface area (Å²) in [6.45, 7) is 1.76. The van der Waals surface area contributed by atoms with Crippen LogP contribution in [0.4, 0.5) is 4.39 Å². The lowest BCUT2D eigenvalue weighted by atomic mass is 10.1. The van der Waals surface area contributed by atoms with Crippen molar-refractivity contribution in [3.05, 3.63) is 35.6 Å². The van der Waals surface area contributed by atoms with Crippen LogP contribution in [0.3, 0.4) is 0 Å². The molecule has 0 radical (unpaired) electrons. The highest BCUT2D eigenvalue weighted by Crippen LogP contribution is 2.12. The molecule has 2 N–H and O–H groups in total. The topological polar surface area (TPSA) is 26.0 Å². The van der Waals surface area contributed by atoms with Gasteiger partial charge < -0.3 is 5.73 Å². The Morgan fingerprint density at radius 2 is 1.91 bits per heavy atom. The van der Waals surface area contributed by atoms with E-state index in [1.807, 2.05) is 0 Å². The van der Waals surface area contributed by atoms with Gasteiger partial charge >= 0.3 is 0 Å². The van der Waals surface area contributed by atoms with Crippen molar-refractivity contribution in [2.24, 2.45) is 5.73 Å². The smallest absolute Gasteiger partial charge is 0.127 e. The molecule has 3 heteroatoms. The number of halogens is 2. The Bertz CT molecular complexity index is 225. The molecule has 1 aromatic carbocycles. The van der Waals surface area contributed by atoms with Crippen LogP contribution in [0.2, 0.25) is 0 Å². The fourth-order valence-corrected chi connectivity index (χ4v) is 0.844. The van der Waals surface area contributed by atoms with Crippen molar-refractivity contribution in [3.8, 4) is 0 Å². The van der Waals surface area contributed by atoms with Crippen molar-refractivity contribution in [1.29, 1.82) is 0 Å². The maximum atomic E-state index is 12.8. The van der Waals surface area contributed by atoms with Gasteiger partial charge in [0, 0.05) is 11.6 Å². The van der Waals surface area contributed by atoms with E-state index < -0.39 is 0 Å². The first-order valence-electron chi connectivity index (χ1n) is 3.22. The predicted octanol–water partition coefficient (Wildman–Crippen LogP) is 2.27. The van der Waals surface area contributed by atoms with Gasteiger partial charge in [-0.05, 0) is 13.0 Å². The molecule has 0 aliphatic carbocycles. The molecule has 1 atom stereocenters. The molecule has 0 aliphatic heterocycles. The Kier molecular flexibility index (Phi) is 4.08. The molecule has 1 unspecified atom stereocenters. The maximum Gasteiger partial charge on any atom is 0.127 e. The summed E-state index contributed by atoms with van der Waals surface area (Å²) in [5, 5.41) is 0. The average Bonchev–Trinajstić information content (AvgIpc) is 1.88. The second-order valence-electron chi connectivity index (χ2n) is 2.31. The summed E-state index contributed by atoms with van der Waals surface area (Å²) in [6, 6.07) is 6.32. The largest absolute Gasteiger partial charge is 0.324 e. The van der Waals surface area contributed by atoms with Gasteiger partial charge in [0.15, 0.2) is 0 Å². The van der Waals surface area contributed by atoms with Crippen LogP contribution in [0.1, 0.15) is 18.5 Å². The Balaban J connectivity index is 0.000001000. The molecule has 0 fully saturated rings. The van der Waals surface area contributed by atoms with Crippen LogP contribution in [0.15, 0.2) is 24.3 Å². The molecule has 0 bridgehead atoms. The van der Waals surface area contributed by atoms with Gasteiger partial charge in [0.1, 0.15) is 5.82 Å². The molecule has 11 heavy (non-hydrogen) atoms. The highest BCUT2D eigenvalue weighted by Gasteiger charge is 2.03. The van der Waals surface area contributed by atoms with Crippen LogP contribution >= 0.6 is 12.4 Å². The lowest BCUT2D eigenvalue weighted by Crippen LogP contribution is -2.06. The molecule has 1 aromatic rings. The third kappa shape index (κ3) is 2.48. The highest BCUT2D eigenvalue weighted by atomic mass is 35.5. The minimum atomic E-state index is -0.225. The van der Waals surface area contributed by atoms with Crippen LogP contribution in [0.5, 0.6) is 0 Å². The molecule has 0 aromatic heterocycles. The molecule has 0 amide bonds. The second kappa shape index (κ2) is 4.31. The molecule has 1 nitrogen and oxygen atoms in total. The van der Waals surface area contributed by atoms with Gasteiger partial charge in [0.25, 0.3) is 0 Å². The summed E-state index contributed by atoms with van der Waals surface area (Å²) in [7, 11) is 0. The van der Waals surface area contributed by atoms with Crippen LogP contribution in [-0.2, 0) is 0 Å². The van der Waals surface area contributed by atoms with Crippen molar-refractivity contribution < 1.29 is 4.39 Å². The Hall–Kier alpha value is -0.600. The van der Waals surface area contributed by atoms with Crippen molar-refractivity contribution >= 4 is 12.4 Å². The van der Waals surface area contributed by atoms with E-state index in [0.717, 1.165) is 0 Å². The Labute approximate surface area is 71.8 Å². The van der Waals surface area contributed by atoms with Crippen LogP contribution in [0, 0.1) is 5.82 Å². The van der Waals surface area contributed by atoms with Crippen LogP contribution in [-0.4, -0.2) is 0 Å². The molecule has 1 rings (SSSR count).